The van der Waals surface area contributed by atoms with Crippen molar-refractivity contribution in [3.05, 3.63) is 0 Å². The molecule has 0 aromatic rings. The minimum atomic E-state index is -0.446. The minimum Gasteiger partial charge on any atom is -0.313 e. The lowest BCUT2D eigenvalue weighted by Gasteiger charge is -2.18. The standard InChI is InChI=1S/C12H18ClNO/c13-12(4-5-12)11(15)6-10-9-3-1-2-8(9)7-14-10/h8-10,14H,1-7H2. The van der Waals surface area contributed by atoms with E-state index in [4.69, 9.17) is 11.6 Å². The van der Waals surface area contributed by atoms with E-state index in [2.05, 4.69) is 5.32 Å². The lowest BCUT2D eigenvalue weighted by molar-refractivity contribution is -0.120. The molecule has 1 N–H and O–H groups in total. The monoisotopic (exact) mass is 227 g/mol. The first-order valence-corrected chi connectivity index (χ1v) is 6.52. The topological polar surface area (TPSA) is 29.1 Å². The molecule has 0 amide bonds. The molecule has 2 aliphatic carbocycles. The minimum absolute atomic E-state index is 0.286. The van der Waals surface area contributed by atoms with Gasteiger partial charge in [-0.15, -0.1) is 11.6 Å². The van der Waals surface area contributed by atoms with Gasteiger partial charge in [0, 0.05) is 12.5 Å². The van der Waals surface area contributed by atoms with E-state index >= 15 is 0 Å². The van der Waals surface area contributed by atoms with Gasteiger partial charge in [0.15, 0.2) is 5.78 Å². The van der Waals surface area contributed by atoms with E-state index in [1.54, 1.807) is 0 Å². The Morgan fingerprint density at radius 3 is 2.93 bits per heavy atom. The van der Waals surface area contributed by atoms with E-state index in [1.807, 2.05) is 0 Å². The molecule has 0 spiro atoms. The van der Waals surface area contributed by atoms with Gasteiger partial charge in [-0.2, -0.15) is 0 Å². The van der Waals surface area contributed by atoms with Crippen LogP contribution in [0.2, 0.25) is 0 Å². The fourth-order valence-electron chi connectivity index (χ4n) is 3.30. The summed E-state index contributed by atoms with van der Waals surface area (Å²) in [6.07, 6.45) is 6.49. The number of alkyl halides is 1. The molecule has 3 fully saturated rings. The van der Waals surface area contributed by atoms with Crippen LogP contribution < -0.4 is 5.32 Å². The molecule has 1 aliphatic heterocycles. The Hall–Kier alpha value is -0.0800. The van der Waals surface area contributed by atoms with Gasteiger partial charge in [0.2, 0.25) is 0 Å². The van der Waals surface area contributed by atoms with E-state index < -0.39 is 4.87 Å². The molecule has 3 atom stereocenters. The third-order valence-electron chi connectivity index (χ3n) is 4.47. The molecule has 2 saturated carbocycles. The molecular weight excluding hydrogens is 210 g/mol. The zero-order chi connectivity index (χ0) is 10.5. The molecule has 3 rings (SSSR count). The number of hydrogen-bond donors (Lipinski definition) is 1. The predicted octanol–water partition coefficient (Wildman–Crippen LogP) is 2.11. The van der Waals surface area contributed by atoms with Gasteiger partial charge in [0.1, 0.15) is 4.87 Å². The fraction of sp³-hybridized carbons (Fsp3) is 0.917. The number of ketones is 1. The molecule has 0 bridgehead atoms. The molecular formula is C12H18ClNO. The maximum absolute atomic E-state index is 11.9. The van der Waals surface area contributed by atoms with Gasteiger partial charge in [-0.25, -0.2) is 0 Å². The van der Waals surface area contributed by atoms with Gasteiger partial charge >= 0.3 is 0 Å². The van der Waals surface area contributed by atoms with Crippen LogP contribution in [0.4, 0.5) is 0 Å². The largest absolute Gasteiger partial charge is 0.313 e. The summed E-state index contributed by atoms with van der Waals surface area (Å²) in [5, 5.41) is 3.51. The van der Waals surface area contributed by atoms with Crippen molar-refractivity contribution in [3.8, 4) is 0 Å². The molecule has 0 aromatic carbocycles. The summed E-state index contributed by atoms with van der Waals surface area (Å²) in [7, 11) is 0. The van der Waals surface area contributed by atoms with Crippen LogP contribution in [0.15, 0.2) is 0 Å². The number of hydrogen-bond acceptors (Lipinski definition) is 2. The number of carbonyl (C=O) groups excluding carboxylic acids is 1. The van der Waals surface area contributed by atoms with Crippen LogP contribution in [0.25, 0.3) is 0 Å². The van der Waals surface area contributed by atoms with E-state index in [9.17, 15) is 4.79 Å². The van der Waals surface area contributed by atoms with Crippen molar-refractivity contribution < 1.29 is 4.79 Å². The van der Waals surface area contributed by atoms with Crippen molar-refractivity contribution in [3.63, 3.8) is 0 Å². The van der Waals surface area contributed by atoms with Crippen molar-refractivity contribution in [1.82, 2.24) is 5.32 Å². The number of halogens is 1. The molecule has 15 heavy (non-hydrogen) atoms. The Morgan fingerprint density at radius 2 is 2.20 bits per heavy atom. The molecule has 0 aromatic heterocycles. The normalized spacial score (nSPS) is 41.5. The average molecular weight is 228 g/mol. The first-order chi connectivity index (χ1) is 7.19. The molecule has 1 saturated heterocycles. The van der Waals surface area contributed by atoms with Gasteiger partial charge in [-0.3, -0.25) is 4.79 Å². The van der Waals surface area contributed by atoms with Crippen molar-refractivity contribution in [2.24, 2.45) is 11.8 Å². The van der Waals surface area contributed by atoms with Crippen LogP contribution in [0.1, 0.15) is 38.5 Å². The second-order valence-electron chi connectivity index (χ2n) is 5.46. The smallest absolute Gasteiger partial charge is 0.155 e. The number of fused-ring (bicyclic) bond motifs is 1. The van der Waals surface area contributed by atoms with Gasteiger partial charge in [-0.1, -0.05) is 6.42 Å². The third-order valence-corrected chi connectivity index (χ3v) is 5.06. The molecule has 84 valence electrons. The summed E-state index contributed by atoms with van der Waals surface area (Å²) in [6, 6.07) is 0.432. The predicted molar refractivity (Wildman–Crippen MR) is 60.1 cm³/mol. The second kappa shape index (κ2) is 3.46. The first-order valence-electron chi connectivity index (χ1n) is 6.15. The van der Waals surface area contributed by atoms with Crippen LogP contribution >= 0.6 is 11.6 Å². The van der Waals surface area contributed by atoms with Crippen molar-refractivity contribution in [2.45, 2.75) is 49.4 Å². The highest BCUT2D eigenvalue weighted by molar-refractivity contribution is 6.37. The molecule has 2 nitrogen and oxygen atoms in total. The Morgan fingerprint density at radius 1 is 1.40 bits per heavy atom. The van der Waals surface area contributed by atoms with Crippen molar-refractivity contribution in [1.29, 1.82) is 0 Å². The Bertz CT molecular complexity index is 287. The summed E-state index contributed by atoms with van der Waals surface area (Å²) in [4.78, 5) is 11.5. The van der Waals surface area contributed by atoms with Crippen molar-refractivity contribution >= 4 is 17.4 Å². The third kappa shape index (κ3) is 1.72. The van der Waals surface area contributed by atoms with Crippen LogP contribution in [0, 0.1) is 11.8 Å². The van der Waals surface area contributed by atoms with Gasteiger partial charge in [0.25, 0.3) is 0 Å². The van der Waals surface area contributed by atoms with Gasteiger partial charge in [-0.05, 0) is 44.1 Å². The summed E-state index contributed by atoms with van der Waals surface area (Å²) in [5.41, 5.74) is 0. The van der Waals surface area contributed by atoms with Crippen LogP contribution in [-0.4, -0.2) is 23.2 Å². The number of Topliss-reactive ketones (excluding diaryl/α,β-unsaturated/α-hetero) is 1. The zero-order valence-electron chi connectivity index (χ0n) is 8.97. The second-order valence-corrected chi connectivity index (χ2v) is 6.19. The Labute approximate surface area is 95.8 Å². The maximum atomic E-state index is 11.9. The lowest BCUT2D eigenvalue weighted by atomic mass is 9.90. The van der Waals surface area contributed by atoms with Gasteiger partial charge in [0.05, 0.1) is 0 Å². The highest BCUT2D eigenvalue weighted by Gasteiger charge is 2.49. The van der Waals surface area contributed by atoms with Crippen LogP contribution in [-0.2, 0) is 4.79 Å². The maximum Gasteiger partial charge on any atom is 0.155 e. The summed E-state index contributed by atoms with van der Waals surface area (Å²) in [5.74, 6) is 1.88. The quantitative estimate of drug-likeness (QED) is 0.749. The SMILES string of the molecule is O=C(CC1NCC2CCCC21)C1(Cl)CC1. The number of rotatable bonds is 3. The number of carbonyl (C=O) groups is 1. The Balaban J connectivity index is 1.61. The highest BCUT2D eigenvalue weighted by Crippen LogP contribution is 2.46. The molecule has 0 radical (unpaired) electrons. The molecule has 1 heterocycles. The van der Waals surface area contributed by atoms with Gasteiger partial charge < -0.3 is 5.32 Å². The fourth-order valence-corrected chi connectivity index (χ4v) is 3.47. The van der Waals surface area contributed by atoms with Crippen LogP contribution in [0.5, 0.6) is 0 Å². The summed E-state index contributed by atoms with van der Waals surface area (Å²) in [6.45, 7) is 1.12. The Kier molecular flexibility index (Phi) is 2.33. The molecule has 3 heteroatoms. The van der Waals surface area contributed by atoms with E-state index in [0.29, 0.717) is 12.5 Å². The molecule has 3 aliphatic rings. The van der Waals surface area contributed by atoms with E-state index in [1.165, 1.54) is 19.3 Å². The summed E-state index contributed by atoms with van der Waals surface area (Å²) < 4.78 is 0. The van der Waals surface area contributed by atoms with E-state index in [0.717, 1.165) is 31.2 Å². The summed E-state index contributed by atoms with van der Waals surface area (Å²) >= 11 is 6.14. The molecule has 3 unspecified atom stereocenters. The lowest BCUT2D eigenvalue weighted by Crippen LogP contribution is -2.32. The average Bonchev–Trinajstić information content (AvgIpc) is 2.67. The highest BCUT2D eigenvalue weighted by atomic mass is 35.5. The van der Waals surface area contributed by atoms with Crippen molar-refractivity contribution in [2.75, 3.05) is 6.54 Å². The van der Waals surface area contributed by atoms with Crippen LogP contribution in [0.3, 0.4) is 0 Å². The van der Waals surface area contributed by atoms with E-state index in [-0.39, 0.29) is 5.78 Å². The number of nitrogens with one attached hydrogen (secondary N) is 1. The zero-order valence-corrected chi connectivity index (χ0v) is 9.72. The first kappa shape index (κ1) is 10.1.